The third kappa shape index (κ3) is 3.93. The molecule has 2 aromatic rings. The Labute approximate surface area is 89.4 Å². The smallest absolute Gasteiger partial charge is 0.430 e. The molecule has 0 radical (unpaired) electrons. The molecule has 1 heterocycles. The molecule has 1 aromatic carbocycles. The summed E-state index contributed by atoms with van der Waals surface area (Å²) >= 11 is 0. The van der Waals surface area contributed by atoms with Gasteiger partial charge in [0.25, 0.3) is 0 Å². The molecule has 0 unspecified atom stereocenters. The lowest BCUT2D eigenvalue weighted by atomic mass is 10.1. The van der Waals surface area contributed by atoms with Crippen molar-refractivity contribution < 1.29 is 10.0 Å². The first-order valence-corrected chi connectivity index (χ1v) is 4.55. The van der Waals surface area contributed by atoms with Gasteiger partial charge in [-0.3, -0.25) is 4.98 Å². The van der Waals surface area contributed by atoms with E-state index in [9.17, 15) is 0 Å². The number of hydrogen-bond acceptors (Lipinski definition) is 3. The normalized spacial score (nSPS) is 8.67. The van der Waals surface area contributed by atoms with E-state index in [1.54, 1.807) is 6.20 Å². The van der Waals surface area contributed by atoms with Gasteiger partial charge in [0, 0.05) is 12.4 Å². The van der Waals surface area contributed by atoms with Crippen molar-refractivity contribution in [1.82, 2.24) is 4.98 Å². The molecule has 0 aliphatic rings. The number of benzene rings is 1. The minimum absolute atomic E-state index is 0.750. The fourth-order valence-corrected chi connectivity index (χ4v) is 1.16. The van der Waals surface area contributed by atoms with E-state index in [-0.39, 0.29) is 0 Å². The van der Waals surface area contributed by atoms with Crippen LogP contribution in [0.5, 0.6) is 0 Å². The van der Waals surface area contributed by atoms with Crippen LogP contribution in [-0.4, -0.2) is 22.7 Å². The second-order valence-electron chi connectivity index (χ2n) is 2.75. The average Bonchev–Trinajstić information content (AvgIpc) is 2.32. The summed E-state index contributed by atoms with van der Waals surface area (Å²) in [4.78, 5) is 4.06. The van der Waals surface area contributed by atoms with Crippen molar-refractivity contribution in [2.45, 2.75) is 0 Å². The number of aromatic nitrogens is 1. The fraction of sp³-hybridized carbons (Fsp3) is 0. The highest BCUT2D eigenvalue weighted by molar-refractivity contribution is 6.13. The van der Waals surface area contributed by atoms with Crippen LogP contribution in [0.3, 0.4) is 0 Å². The van der Waals surface area contributed by atoms with Crippen molar-refractivity contribution in [1.29, 1.82) is 0 Å². The summed E-state index contributed by atoms with van der Waals surface area (Å²) in [5.41, 5.74) is 2.38. The Kier molecular flexibility index (Phi) is 5.15. The van der Waals surface area contributed by atoms with Gasteiger partial charge in [0.15, 0.2) is 0 Å². The Balaban J connectivity index is 0.000000337. The molecule has 0 amide bonds. The lowest BCUT2D eigenvalue weighted by Gasteiger charge is -1.97. The van der Waals surface area contributed by atoms with E-state index in [4.69, 9.17) is 10.0 Å². The van der Waals surface area contributed by atoms with Crippen LogP contribution in [0.2, 0.25) is 0 Å². The second kappa shape index (κ2) is 6.76. The molecular formula is C11H12BNO2. The summed E-state index contributed by atoms with van der Waals surface area (Å²) in [5.74, 6) is 0. The maximum absolute atomic E-state index is 7.12. The Morgan fingerprint density at radius 3 is 2.00 bits per heavy atom. The largest absolute Gasteiger partial charge is 0.432 e. The van der Waals surface area contributed by atoms with E-state index >= 15 is 0 Å². The number of pyridine rings is 1. The van der Waals surface area contributed by atoms with Crippen molar-refractivity contribution in [3.05, 3.63) is 54.9 Å². The van der Waals surface area contributed by atoms with Crippen LogP contribution in [-0.2, 0) is 0 Å². The Bertz CT molecular complexity index is 329. The zero-order valence-corrected chi connectivity index (χ0v) is 8.24. The van der Waals surface area contributed by atoms with Crippen LogP contribution in [0.1, 0.15) is 0 Å². The van der Waals surface area contributed by atoms with Gasteiger partial charge >= 0.3 is 7.69 Å². The van der Waals surface area contributed by atoms with Gasteiger partial charge in [-0.1, -0.05) is 36.4 Å². The van der Waals surface area contributed by atoms with Gasteiger partial charge < -0.3 is 10.0 Å². The maximum atomic E-state index is 7.12. The molecule has 0 spiro atoms. The molecule has 4 heteroatoms. The van der Waals surface area contributed by atoms with Crippen molar-refractivity contribution >= 4 is 7.69 Å². The zero-order chi connectivity index (χ0) is 10.9. The zero-order valence-electron chi connectivity index (χ0n) is 8.24. The van der Waals surface area contributed by atoms with Crippen LogP contribution in [0, 0.1) is 0 Å². The fourth-order valence-electron chi connectivity index (χ4n) is 1.16. The standard InChI is InChI=1S/C11H9N.BH3O2/c1-2-5-10(6-3-1)11-7-4-8-12-9-11;2-1-3/h1-9H;1-3H. The van der Waals surface area contributed by atoms with Gasteiger partial charge in [0.05, 0.1) is 0 Å². The minimum atomic E-state index is -0.750. The van der Waals surface area contributed by atoms with Gasteiger partial charge in [0.2, 0.25) is 0 Å². The minimum Gasteiger partial charge on any atom is -0.430 e. The highest BCUT2D eigenvalue weighted by Gasteiger charge is 1.92. The van der Waals surface area contributed by atoms with E-state index in [1.807, 2.05) is 30.5 Å². The van der Waals surface area contributed by atoms with E-state index in [0.29, 0.717) is 0 Å². The highest BCUT2D eigenvalue weighted by atomic mass is 16.4. The predicted octanol–water partition coefficient (Wildman–Crippen LogP) is 0.986. The van der Waals surface area contributed by atoms with Crippen LogP contribution in [0.4, 0.5) is 0 Å². The second-order valence-corrected chi connectivity index (χ2v) is 2.75. The summed E-state index contributed by atoms with van der Waals surface area (Å²) in [5, 5.41) is 14.2. The number of nitrogens with zero attached hydrogens (tertiary/aromatic N) is 1. The quantitative estimate of drug-likeness (QED) is 0.676. The van der Waals surface area contributed by atoms with Crippen LogP contribution >= 0.6 is 0 Å². The lowest BCUT2D eigenvalue weighted by Crippen LogP contribution is -1.76. The first-order chi connectivity index (χ1) is 7.38. The molecule has 0 aliphatic carbocycles. The van der Waals surface area contributed by atoms with Crippen LogP contribution in [0.15, 0.2) is 54.9 Å². The Morgan fingerprint density at radius 1 is 0.867 bits per heavy atom. The molecule has 0 fully saturated rings. The van der Waals surface area contributed by atoms with Crippen molar-refractivity contribution in [3.8, 4) is 11.1 Å². The summed E-state index contributed by atoms with van der Waals surface area (Å²) < 4.78 is 0. The van der Waals surface area contributed by atoms with Gasteiger partial charge in [-0.2, -0.15) is 0 Å². The third-order valence-corrected chi connectivity index (χ3v) is 1.77. The SMILES string of the molecule is OBO.c1ccc(-c2cccnc2)cc1. The third-order valence-electron chi connectivity index (χ3n) is 1.77. The highest BCUT2D eigenvalue weighted by Crippen LogP contribution is 2.16. The molecule has 2 N–H and O–H groups in total. The van der Waals surface area contributed by atoms with Crippen molar-refractivity contribution in [2.75, 3.05) is 0 Å². The average molecular weight is 201 g/mol. The van der Waals surface area contributed by atoms with Gasteiger partial charge in [-0.15, -0.1) is 0 Å². The summed E-state index contributed by atoms with van der Waals surface area (Å²) in [6.45, 7) is 0. The Morgan fingerprint density at radius 2 is 1.47 bits per heavy atom. The summed E-state index contributed by atoms with van der Waals surface area (Å²) in [7, 11) is -0.750. The molecule has 2 rings (SSSR count). The first kappa shape index (κ1) is 11.4. The molecule has 1 aromatic heterocycles. The Hall–Kier alpha value is -1.65. The summed E-state index contributed by atoms with van der Waals surface area (Å²) in [6, 6.07) is 14.2. The molecule has 0 aliphatic heterocycles. The maximum Gasteiger partial charge on any atom is 0.432 e. The predicted molar refractivity (Wildman–Crippen MR) is 61.3 cm³/mol. The molecule has 0 bridgehead atoms. The van der Waals surface area contributed by atoms with Crippen molar-refractivity contribution in [3.63, 3.8) is 0 Å². The molecule has 76 valence electrons. The molecule has 3 nitrogen and oxygen atoms in total. The molecular weight excluding hydrogens is 189 g/mol. The van der Waals surface area contributed by atoms with Gasteiger partial charge in [-0.05, 0) is 17.2 Å². The van der Waals surface area contributed by atoms with Gasteiger partial charge in [0.1, 0.15) is 0 Å². The van der Waals surface area contributed by atoms with E-state index in [0.717, 1.165) is 5.56 Å². The van der Waals surface area contributed by atoms with E-state index in [1.165, 1.54) is 5.56 Å². The van der Waals surface area contributed by atoms with E-state index in [2.05, 4.69) is 23.2 Å². The van der Waals surface area contributed by atoms with Crippen LogP contribution < -0.4 is 0 Å². The van der Waals surface area contributed by atoms with Gasteiger partial charge in [-0.25, -0.2) is 0 Å². The van der Waals surface area contributed by atoms with E-state index < -0.39 is 7.69 Å². The number of hydrogen-bond donors (Lipinski definition) is 2. The topological polar surface area (TPSA) is 53.4 Å². The summed E-state index contributed by atoms with van der Waals surface area (Å²) in [6.07, 6.45) is 3.65. The monoisotopic (exact) mass is 201 g/mol. The molecule has 0 atom stereocenters. The van der Waals surface area contributed by atoms with Crippen LogP contribution in [0.25, 0.3) is 11.1 Å². The lowest BCUT2D eigenvalue weighted by molar-refractivity contribution is 0.448. The molecule has 0 saturated carbocycles. The first-order valence-electron chi connectivity index (χ1n) is 4.55. The van der Waals surface area contributed by atoms with Crippen molar-refractivity contribution in [2.24, 2.45) is 0 Å². The molecule has 15 heavy (non-hydrogen) atoms. The molecule has 0 saturated heterocycles. The number of rotatable bonds is 1.